The Kier molecular flexibility index (Phi) is 6.11. The minimum Gasteiger partial charge on any atom is -0.463 e. The number of ether oxygens (including phenoxy) is 1. The maximum Gasteiger partial charge on any atom is 0.330 e. The van der Waals surface area contributed by atoms with Gasteiger partial charge in [0.05, 0.1) is 6.61 Å². The number of allylic oxidation sites excluding steroid dienone is 3. The van der Waals surface area contributed by atoms with Crippen molar-refractivity contribution in [1.29, 1.82) is 0 Å². The van der Waals surface area contributed by atoms with Gasteiger partial charge in [0.25, 0.3) is 0 Å². The Bertz CT molecular complexity index is 871. The minimum absolute atomic E-state index is 0.169. The second-order valence-electron chi connectivity index (χ2n) is 10.9. The highest BCUT2D eigenvalue weighted by atomic mass is 16.5. The highest BCUT2D eigenvalue weighted by Crippen LogP contribution is 2.63. The summed E-state index contributed by atoms with van der Waals surface area (Å²) in [5.74, 6) is 0.887. The van der Waals surface area contributed by atoms with E-state index in [1.165, 1.54) is 24.0 Å². The van der Waals surface area contributed by atoms with Gasteiger partial charge in [0, 0.05) is 11.5 Å². The summed E-state index contributed by atoms with van der Waals surface area (Å²) >= 11 is 0. The molecular weight excluding hydrogens is 368 g/mol. The molecule has 0 heterocycles. The van der Waals surface area contributed by atoms with Gasteiger partial charge in [0.2, 0.25) is 0 Å². The van der Waals surface area contributed by atoms with Crippen molar-refractivity contribution in [1.82, 2.24) is 0 Å². The molecule has 3 rings (SSSR count). The van der Waals surface area contributed by atoms with Crippen LogP contribution >= 0.6 is 0 Å². The maximum atomic E-state index is 11.7. The fourth-order valence-electron chi connectivity index (χ4n) is 5.65. The lowest BCUT2D eigenvalue weighted by Crippen LogP contribution is -2.34. The van der Waals surface area contributed by atoms with E-state index in [1.807, 2.05) is 13.8 Å². The van der Waals surface area contributed by atoms with Gasteiger partial charge in [-0.25, -0.2) is 4.79 Å². The Morgan fingerprint density at radius 3 is 2.30 bits per heavy atom. The highest BCUT2D eigenvalue weighted by molar-refractivity contribution is 5.83. The molecule has 0 spiro atoms. The molecule has 2 heteroatoms. The number of rotatable bonds is 6. The summed E-state index contributed by atoms with van der Waals surface area (Å²) in [5, 5.41) is 0. The van der Waals surface area contributed by atoms with Crippen LogP contribution in [0.1, 0.15) is 91.3 Å². The van der Waals surface area contributed by atoms with Crippen molar-refractivity contribution in [2.24, 2.45) is 11.8 Å². The van der Waals surface area contributed by atoms with Crippen molar-refractivity contribution in [3.8, 4) is 0 Å². The number of carbonyl (C=O) groups is 1. The van der Waals surface area contributed by atoms with Gasteiger partial charge in [-0.2, -0.15) is 0 Å². The SMILES string of the molecule is CCOC(=O)/C=C(C)/C=C/[C@@H]1[C@@H](CC)[C@]1(C)c1ccc2c(c1)C(C)(C)CCC2(C)C. The summed E-state index contributed by atoms with van der Waals surface area (Å²) in [4.78, 5) is 11.7. The van der Waals surface area contributed by atoms with Gasteiger partial charge in [0.15, 0.2) is 0 Å². The monoisotopic (exact) mass is 408 g/mol. The van der Waals surface area contributed by atoms with Crippen LogP contribution in [0.2, 0.25) is 0 Å². The molecule has 2 aliphatic carbocycles. The molecule has 1 aromatic carbocycles. The number of carbonyl (C=O) groups excluding carboxylic acids is 1. The van der Waals surface area contributed by atoms with Gasteiger partial charge in [-0.3, -0.25) is 0 Å². The van der Waals surface area contributed by atoms with E-state index >= 15 is 0 Å². The standard InChI is InChI=1S/C28H40O2/c1-9-21-23(13-11-19(3)17-25(29)30-10-2)28(21,8)20-12-14-22-24(18-20)27(6,7)16-15-26(22,4)5/h11-14,17-18,21,23H,9-10,15-16H2,1-8H3/b13-11+,19-17+/t21-,23-,28+/m1/s1. The third kappa shape index (κ3) is 4.03. The Hall–Kier alpha value is -1.83. The second kappa shape index (κ2) is 8.02. The zero-order valence-electron chi connectivity index (χ0n) is 20.3. The molecule has 0 radical (unpaired) electrons. The average Bonchev–Trinajstić information content (AvgIpc) is 3.28. The van der Waals surface area contributed by atoms with Crippen LogP contribution in [0.4, 0.5) is 0 Å². The lowest BCUT2D eigenvalue weighted by atomic mass is 9.62. The number of benzene rings is 1. The molecule has 0 amide bonds. The predicted molar refractivity (Wildman–Crippen MR) is 126 cm³/mol. The second-order valence-corrected chi connectivity index (χ2v) is 10.9. The number of esters is 1. The van der Waals surface area contributed by atoms with Crippen molar-refractivity contribution in [2.75, 3.05) is 6.61 Å². The van der Waals surface area contributed by atoms with E-state index in [-0.39, 0.29) is 22.2 Å². The zero-order valence-corrected chi connectivity index (χ0v) is 20.3. The van der Waals surface area contributed by atoms with Crippen LogP contribution in [-0.2, 0) is 25.8 Å². The molecule has 2 nitrogen and oxygen atoms in total. The van der Waals surface area contributed by atoms with Gasteiger partial charge >= 0.3 is 5.97 Å². The van der Waals surface area contributed by atoms with Crippen LogP contribution in [0, 0.1) is 11.8 Å². The van der Waals surface area contributed by atoms with Gasteiger partial charge in [-0.05, 0) is 71.6 Å². The first-order valence-corrected chi connectivity index (χ1v) is 11.7. The van der Waals surface area contributed by atoms with Crippen LogP contribution < -0.4 is 0 Å². The van der Waals surface area contributed by atoms with Crippen LogP contribution in [-0.4, -0.2) is 12.6 Å². The summed E-state index contributed by atoms with van der Waals surface area (Å²) in [7, 11) is 0. The summed E-state index contributed by atoms with van der Waals surface area (Å²) in [6, 6.07) is 7.32. The molecule has 30 heavy (non-hydrogen) atoms. The Labute approximate surface area is 183 Å². The summed E-state index contributed by atoms with van der Waals surface area (Å²) < 4.78 is 5.03. The third-order valence-corrected chi connectivity index (χ3v) is 7.90. The van der Waals surface area contributed by atoms with Gasteiger partial charge < -0.3 is 4.74 Å². The highest BCUT2D eigenvalue weighted by Gasteiger charge is 2.59. The topological polar surface area (TPSA) is 26.3 Å². The summed E-state index contributed by atoms with van der Waals surface area (Å²) in [6.45, 7) is 18.5. The molecule has 1 fully saturated rings. The molecule has 0 aliphatic heterocycles. The molecule has 0 saturated heterocycles. The molecule has 0 bridgehead atoms. The van der Waals surface area contributed by atoms with Crippen LogP contribution in [0.15, 0.2) is 42.0 Å². The Morgan fingerprint density at radius 1 is 1.07 bits per heavy atom. The summed E-state index contributed by atoms with van der Waals surface area (Å²) in [6.07, 6.45) is 9.65. The Morgan fingerprint density at radius 2 is 1.70 bits per heavy atom. The zero-order chi connectivity index (χ0) is 22.3. The van der Waals surface area contributed by atoms with E-state index in [9.17, 15) is 4.79 Å². The first-order valence-electron chi connectivity index (χ1n) is 11.7. The van der Waals surface area contributed by atoms with Crippen molar-refractivity contribution < 1.29 is 9.53 Å². The number of hydrogen-bond donors (Lipinski definition) is 0. The van der Waals surface area contributed by atoms with Crippen molar-refractivity contribution in [2.45, 2.75) is 90.9 Å². The summed E-state index contributed by atoms with van der Waals surface area (Å²) in [5.41, 5.74) is 6.15. The van der Waals surface area contributed by atoms with E-state index < -0.39 is 0 Å². The normalized spacial score (nSPS) is 29.5. The molecule has 1 saturated carbocycles. The molecule has 164 valence electrons. The van der Waals surface area contributed by atoms with Gasteiger partial charge in [-0.15, -0.1) is 0 Å². The average molecular weight is 409 g/mol. The van der Waals surface area contributed by atoms with E-state index in [4.69, 9.17) is 4.74 Å². The van der Waals surface area contributed by atoms with E-state index in [1.54, 1.807) is 11.6 Å². The van der Waals surface area contributed by atoms with E-state index in [2.05, 4.69) is 71.9 Å². The lowest BCUT2D eigenvalue weighted by Gasteiger charge is -2.42. The Balaban J connectivity index is 1.90. The van der Waals surface area contributed by atoms with Crippen molar-refractivity contribution in [3.05, 3.63) is 58.7 Å². The number of fused-ring (bicyclic) bond motifs is 1. The molecule has 3 atom stereocenters. The maximum absolute atomic E-state index is 11.7. The van der Waals surface area contributed by atoms with Gasteiger partial charge in [0.1, 0.15) is 0 Å². The first kappa shape index (κ1) is 22.8. The van der Waals surface area contributed by atoms with Crippen LogP contribution in [0.3, 0.4) is 0 Å². The molecule has 0 aromatic heterocycles. The fourth-order valence-corrected chi connectivity index (χ4v) is 5.65. The molecular formula is C28H40O2. The largest absolute Gasteiger partial charge is 0.463 e. The molecule has 2 aliphatic rings. The van der Waals surface area contributed by atoms with Crippen LogP contribution in [0.5, 0.6) is 0 Å². The molecule has 0 unspecified atom stereocenters. The van der Waals surface area contributed by atoms with E-state index in [0.717, 1.165) is 12.0 Å². The first-order chi connectivity index (χ1) is 14.0. The molecule has 0 N–H and O–H groups in total. The number of hydrogen-bond acceptors (Lipinski definition) is 2. The quantitative estimate of drug-likeness (QED) is 0.287. The van der Waals surface area contributed by atoms with Gasteiger partial charge in [-0.1, -0.05) is 78.3 Å². The minimum atomic E-state index is -0.259. The molecule has 1 aromatic rings. The lowest BCUT2D eigenvalue weighted by molar-refractivity contribution is -0.137. The fraction of sp³-hybridized carbons (Fsp3) is 0.607. The third-order valence-electron chi connectivity index (χ3n) is 7.90. The van der Waals surface area contributed by atoms with Crippen molar-refractivity contribution in [3.63, 3.8) is 0 Å². The van der Waals surface area contributed by atoms with Crippen molar-refractivity contribution >= 4 is 5.97 Å². The van der Waals surface area contributed by atoms with E-state index in [0.29, 0.717) is 18.4 Å². The smallest absolute Gasteiger partial charge is 0.330 e. The predicted octanol–water partition coefficient (Wildman–Crippen LogP) is 7.01. The van der Waals surface area contributed by atoms with Crippen LogP contribution in [0.25, 0.3) is 0 Å².